The van der Waals surface area contributed by atoms with E-state index in [-0.39, 0.29) is 26.9 Å². The van der Waals surface area contributed by atoms with Crippen LogP contribution in [0.4, 0.5) is 4.39 Å². The number of pyridine rings is 1. The van der Waals surface area contributed by atoms with Crippen LogP contribution in [0.25, 0.3) is 33.3 Å². The zero-order valence-corrected chi connectivity index (χ0v) is 21.2. The first-order valence-electron chi connectivity index (χ1n) is 11.0. The Bertz CT molecular complexity index is 1690. The van der Waals surface area contributed by atoms with Gasteiger partial charge >= 0.3 is 0 Å². The van der Waals surface area contributed by atoms with Crippen molar-refractivity contribution in [3.05, 3.63) is 108 Å². The third-order valence-electron chi connectivity index (χ3n) is 5.79. The molecule has 0 spiro atoms. The van der Waals surface area contributed by atoms with E-state index in [1.165, 1.54) is 18.3 Å². The second kappa shape index (κ2) is 9.12. The van der Waals surface area contributed by atoms with Gasteiger partial charge in [-0.3, -0.25) is 0 Å². The second-order valence-electron chi connectivity index (χ2n) is 8.21. The quantitative estimate of drug-likeness (QED) is 0.201. The summed E-state index contributed by atoms with van der Waals surface area (Å²) < 4.78 is 24.0. The van der Waals surface area contributed by atoms with Gasteiger partial charge < -0.3 is 9.30 Å². The molecular weight excluding hydrogens is 622 g/mol. The Morgan fingerprint density at radius 3 is 2.54 bits per heavy atom. The first-order chi connectivity index (χ1) is 16.6. The van der Waals surface area contributed by atoms with Crippen molar-refractivity contribution < 1.29 is 30.2 Å². The molecule has 35 heavy (non-hydrogen) atoms. The number of aromatic nitrogens is 4. The third-order valence-corrected chi connectivity index (χ3v) is 5.79. The average molecular weight is 643 g/mol. The van der Waals surface area contributed by atoms with Crippen LogP contribution in [0.1, 0.15) is 11.4 Å². The Morgan fingerprint density at radius 1 is 0.886 bits per heavy atom. The molecule has 0 unspecified atom stereocenters. The molecule has 0 aliphatic rings. The first-order valence-corrected chi connectivity index (χ1v) is 11.0. The van der Waals surface area contributed by atoms with Crippen molar-refractivity contribution in [2.24, 2.45) is 0 Å². The molecule has 0 aliphatic heterocycles. The summed E-state index contributed by atoms with van der Waals surface area (Å²) in [4.78, 5) is 4.40. The molecule has 0 fully saturated rings. The monoisotopic (exact) mass is 642 g/mol. The van der Waals surface area contributed by atoms with Gasteiger partial charge in [-0.05, 0) is 49.6 Å². The van der Waals surface area contributed by atoms with Gasteiger partial charge in [-0.2, -0.15) is 11.2 Å². The predicted octanol–water partition coefficient (Wildman–Crippen LogP) is 6.71. The minimum atomic E-state index is -0.343. The van der Waals surface area contributed by atoms with Gasteiger partial charge in [-0.1, -0.05) is 29.8 Å². The van der Waals surface area contributed by atoms with Crippen molar-refractivity contribution >= 4 is 21.8 Å². The van der Waals surface area contributed by atoms with Crippen molar-refractivity contribution in [3.8, 4) is 23.0 Å². The van der Waals surface area contributed by atoms with E-state index in [2.05, 4.69) is 16.1 Å². The molecule has 0 N–H and O–H groups in total. The van der Waals surface area contributed by atoms with Crippen LogP contribution in [-0.4, -0.2) is 19.3 Å². The molecule has 0 aliphatic carbocycles. The fraction of sp³-hybridized carbons (Fsp3) is 0.0714. The van der Waals surface area contributed by atoms with Crippen molar-refractivity contribution in [2.75, 3.05) is 0 Å². The molecule has 3 aromatic heterocycles. The summed E-state index contributed by atoms with van der Waals surface area (Å²) in [6.45, 7) is 4.00. The van der Waals surface area contributed by atoms with Crippen LogP contribution in [0.15, 0.2) is 85.1 Å². The van der Waals surface area contributed by atoms with Crippen molar-refractivity contribution in [2.45, 2.75) is 13.8 Å². The Morgan fingerprint density at radius 2 is 1.74 bits per heavy atom. The van der Waals surface area contributed by atoms with Gasteiger partial charge in [0.15, 0.2) is 0 Å². The summed E-state index contributed by atoms with van der Waals surface area (Å²) in [5.41, 5.74) is 4.63. The van der Waals surface area contributed by atoms with Crippen molar-refractivity contribution in [1.82, 2.24) is 19.3 Å². The van der Waals surface area contributed by atoms with Crippen molar-refractivity contribution in [1.29, 1.82) is 0 Å². The topological polar surface area (TPSA) is 44.9 Å². The molecule has 7 heteroatoms. The molecule has 0 atom stereocenters. The molecule has 0 saturated heterocycles. The maximum absolute atomic E-state index is 14.0. The van der Waals surface area contributed by atoms with Gasteiger partial charge in [0.05, 0.1) is 11.4 Å². The summed E-state index contributed by atoms with van der Waals surface area (Å²) in [6, 6.07) is 27.8. The fourth-order valence-corrected chi connectivity index (χ4v) is 4.38. The number of hydrogen-bond acceptors (Lipinski definition) is 3. The molecule has 6 rings (SSSR count). The maximum atomic E-state index is 14.0. The number of rotatable bonds is 4. The van der Waals surface area contributed by atoms with Crippen LogP contribution < -0.4 is 4.74 Å². The molecule has 3 aromatic carbocycles. The summed E-state index contributed by atoms with van der Waals surface area (Å²) in [7, 11) is 0. The number of ether oxygens (including phenoxy) is 1. The maximum Gasteiger partial charge on any atom is 0.138 e. The van der Waals surface area contributed by atoms with Crippen LogP contribution in [0.2, 0.25) is 0 Å². The largest absolute Gasteiger partial charge is 0.483 e. The molecule has 0 amide bonds. The van der Waals surface area contributed by atoms with E-state index in [1.807, 2.05) is 89.8 Å². The standard InChI is InChI=1S/C28H20FN4O.Pt/c1-18-14-19(2)33(31-18)21-6-5-7-22(16-21)34-23-10-11-25-24-8-3-4-9-26(24)32(27(25)17-23)28-15-20(29)12-13-30-28;/h3-16H,1-2H3;/q-1;. The van der Waals surface area contributed by atoms with E-state index < -0.39 is 0 Å². The van der Waals surface area contributed by atoms with E-state index >= 15 is 0 Å². The SMILES string of the molecule is Cc1cc(C)n(-c2cccc(Oc3[c-]c4c(cc3)c3ccccc3n4-c3cc(F)ccn3)c2)n1.[Pt]. The van der Waals surface area contributed by atoms with Crippen molar-refractivity contribution in [3.63, 3.8) is 0 Å². The molecule has 3 heterocycles. The van der Waals surface area contributed by atoms with Crippen LogP contribution in [0.3, 0.4) is 0 Å². The Balaban J connectivity index is 0.00000253. The number of halogens is 1. The number of fused-ring (bicyclic) bond motifs is 3. The van der Waals surface area contributed by atoms with Crippen LogP contribution in [0, 0.1) is 25.7 Å². The number of benzene rings is 3. The number of para-hydroxylation sites is 1. The van der Waals surface area contributed by atoms with Gasteiger partial charge in [0, 0.05) is 56.4 Å². The molecule has 5 nitrogen and oxygen atoms in total. The molecule has 0 saturated carbocycles. The van der Waals surface area contributed by atoms with Crippen LogP contribution in [0.5, 0.6) is 11.5 Å². The smallest absolute Gasteiger partial charge is 0.138 e. The van der Waals surface area contributed by atoms with Gasteiger partial charge in [-0.15, -0.1) is 17.5 Å². The summed E-state index contributed by atoms with van der Waals surface area (Å²) in [6.07, 6.45) is 1.47. The Labute approximate surface area is 216 Å². The Hall–Kier alpha value is -3.76. The van der Waals surface area contributed by atoms with Gasteiger partial charge in [0.2, 0.25) is 0 Å². The van der Waals surface area contributed by atoms with E-state index in [9.17, 15) is 4.39 Å². The van der Waals surface area contributed by atoms with E-state index in [0.29, 0.717) is 17.3 Å². The second-order valence-corrected chi connectivity index (χ2v) is 8.21. The van der Waals surface area contributed by atoms with E-state index in [1.54, 1.807) is 0 Å². The summed E-state index contributed by atoms with van der Waals surface area (Å²) in [5.74, 6) is 1.38. The van der Waals surface area contributed by atoms with Gasteiger partial charge in [-0.25, -0.2) is 14.1 Å². The molecule has 6 aromatic rings. The van der Waals surface area contributed by atoms with E-state index in [0.717, 1.165) is 38.9 Å². The van der Waals surface area contributed by atoms with E-state index in [4.69, 9.17) is 4.74 Å². The zero-order chi connectivity index (χ0) is 23.2. The fourth-order valence-electron chi connectivity index (χ4n) is 4.38. The number of hydrogen-bond donors (Lipinski definition) is 0. The normalized spacial score (nSPS) is 11.1. The average Bonchev–Trinajstić information content (AvgIpc) is 3.35. The summed E-state index contributed by atoms with van der Waals surface area (Å²) in [5, 5.41) is 6.59. The molecular formula is C28H20FN4OPt-. The molecule has 176 valence electrons. The first kappa shape index (κ1) is 23.0. The minimum Gasteiger partial charge on any atom is -0.483 e. The molecule has 0 radical (unpaired) electrons. The van der Waals surface area contributed by atoms with Crippen LogP contribution in [-0.2, 0) is 21.1 Å². The zero-order valence-electron chi connectivity index (χ0n) is 19.0. The van der Waals surface area contributed by atoms with Crippen LogP contribution >= 0.6 is 0 Å². The van der Waals surface area contributed by atoms with Gasteiger partial charge in [0.25, 0.3) is 0 Å². The number of nitrogens with zero attached hydrogens (tertiary/aromatic N) is 4. The number of aryl methyl sites for hydroxylation is 2. The minimum absolute atomic E-state index is 0. The predicted molar refractivity (Wildman–Crippen MR) is 130 cm³/mol. The summed E-state index contributed by atoms with van der Waals surface area (Å²) >= 11 is 0. The van der Waals surface area contributed by atoms with Gasteiger partial charge in [0.1, 0.15) is 17.4 Å². The molecule has 0 bridgehead atoms. The Kier molecular flexibility index (Phi) is 5.99. The third kappa shape index (κ3) is 4.15.